The first-order chi connectivity index (χ1) is 15.0. The van der Waals surface area contributed by atoms with Crippen molar-refractivity contribution < 1.29 is 23.8 Å². The second-order valence-electron chi connectivity index (χ2n) is 8.14. The van der Waals surface area contributed by atoms with Crippen molar-refractivity contribution in [2.45, 2.75) is 37.6 Å². The molecule has 2 aromatic rings. The van der Waals surface area contributed by atoms with Gasteiger partial charge in [-0.1, -0.05) is 42.5 Å². The highest BCUT2D eigenvalue weighted by molar-refractivity contribution is 6.18. The van der Waals surface area contributed by atoms with Gasteiger partial charge in [0.15, 0.2) is 5.60 Å². The van der Waals surface area contributed by atoms with Crippen LogP contribution in [0.3, 0.4) is 0 Å². The van der Waals surface area contributed by atoms with Gasteiger partial charge in [0.05, 0.1) is 26.2 Å². The first kappa shape index (κ1) is 21.7. The summed E-state index contributed by atoms with van der Waals surface area (Å²) in [5.41, 5.74) is -0.254. The van der Waals surface area contributed by atoms with Crippen LogP contribution < -0.4 is 4.74 Å². The third-order valence-corrected chi connectivity index (χ3v) is 6.69. The Kier molecular flexibility index (Phi) is 5.95. The van der Waals surface area contributed by atoms with Crippen LogP contribution in [0.25, 0.3) is 0 Å². The van der Waals surface area contributed by atoms with Gasteiger partial charge in [0.2, 0.25) is 11.4 Å². The minimum Gasteiger partial charge on any atom is -0.497 e. The van der Waals surface area contributed by atoms with Gasteiger partial charge in [-0.2, -0.15) is 0 Å². The van der Waals surface area contributed by atoms with Crippen LogP contribution in [0.4, 0.5) is 0 Å². The van der Waals surface area contributed by atoms with Crippen molar-refractivity contribution >= 4 is 23.5 Å². The van der Waals surface area contributed by atoms with Gasteiger partial charge in [-0.3, -0.25) is 4.79 Å². The molecule has 3 atom stereocenters. The van der Waals surface area contributed by atoms with Crippen molar-refractivity contribution in [1.82, 2.24) is 4.90 Å². The average molecular weight is 444 g/mol. The molecule has 4 rings (SSSR count). The SMILES string of the molecule is COc1ccc(CN2C(=O)[C@@H](CCCl)[C@@]3(C)OC(=O)C23COCc2ccccc2)cc1. The molecule has 31 heavy (non-hydrogen) atoms. The van der Waals surface area contributed by atoms with Crippen molar-refractivity contribution in [2.75, 3.05) is 19.6 Å². The van der Waals surface area contributed by atoms with E-state index < -0.39 is 23.0 Å². The Morgan fingerprint density at radius 2 is 1.77 bits per heavy atom. The van der Waals surface area contributed by atoms with E-state index in [4.69, 9.17) is 25.8 Å². The van der Waals surface area contributed by atoms with Crippen LogP contribution in [0, 0.1) is 5.92 Å². The molecule has 1 amide bonds. The van der Waals surface area contributed by atoms with Crippen molar-refractivity contribution in [1.29, 1.82) is 0 Å². The topological polar surface area (TPSA) is 65.1 Å². The van der Waals surface area contributed by atoms with Crippen LogP contribution >= 0.6 is 11.6 Å². The number of likely N-dealkylation sites (tertiary alicyclic amines) is 1. The number of fused-ring (bicyclic) bond motifs is 1. The molecule has 0 aliphatic carbocycles. The maximum absolute atomic E-state index is 13.4. The molecule has 2 aliphatic rings. The zero-order valence-corrected chi connectivity index (χ0v) is 18.4. The highest BCUT2D eigenvalue weighted by atomic mass is 35.5. The second kappa shape index (κ2) is 8.52. The van der Waals surface area contributed by atoms with E-state index in [0.717, 1.165) is 16.9 Å². The second-order valence-corrected chi connectivity index (χ2v) is 8.52. The summed E-state index contributed by atoms with van der Waals surface area (Å²) in [5, 5.41) is 0. The summed E-state index contributed by atoms with van der Waals surface area (Å²) >= 11 is 6.00. The lowest BCUT2D eigenvalue weighted by molar-refractivity contribution is -0.243. The van der Waals surface area contributed by atoms with E-state index in [1.54, 1.807) is 12.0 Å². The molecule has 0 aromatic heterocycles. The lowest BCUT2D eigenvalue weighted by Crippen LogP contribution is -2.76. The van der Waals surface area contributed by atoms with Crippen LogP contribution in [0.1, 0.15) is 24.5 Å². The number of hydrogen-bond acceptors (Lipinski definition) is 5. The maximum atomic E-state index is 13.4. The normalized spacial score (nSPS) is 26.9. The van der Waals surface area contributed by atoms with E-state index in [1.165, 1.54) is 0 Å². The maximum Gasteiger partial charge on any atom is 0.339 e. The zero-order chi connectivity index (χ0) is 22.1. The van der Waals surface area contributed by atoms with Crippen LogP contribution in [0.2, 0.25) is 0 Å². The minimum atomic E-state index is -1.17. The van der Waals surface area contributed by atoms with Gasteiger partial charge in [0, 0.05) is 12.4 Å². The van der Waals surface area contributed by atoms with E-state index in [0.29, 0.717) is 18.9 Å². The number of alkyl halides is 1. The van der Waals surface area contributed by atoms with Gasteiger partial charge >= 0.3 is 5.97 Å². The predicted molar refractivity (Wildman–Crippen MR) is 116 cm³/mol. The number of amides is 1. The number of esters is 1. The summed E-state index contributed by atoms with van der Waals surface area (Å²) in [6, 6.07) is 17.2. The fraction of sp³-hybridized carbons (Fsp3) is 0.417. The number of methoxy groups -OCH3 is 1. The Balaban J connectivity index is 1.62. The van der Waals surface area contributed by atoms with E-state index in [2.05, 4.69) is 0 Å². The Labute approximate surface area is 187 Å². The van der Waals surface area contributed by atoms with E-state index in [-0.39, 0.29) is 19.1 Å². The molecule has 0 saturated carbocycles. The highest BCUT2D eigenvalue weighted by Crippen LogP contribution is 2.55. The number of carbonyl (C=O) groups excluding carboxylic acids is 2. The monoisotopic (exact) mass is 443 g/mol. The fourth-order valence-corrected chi connectivity index (χ4v) is 4.89. The number of benzene rings is 2. The molecule has 6 nitrogen and oxygen atoms in total. The Bertz CT molecular complexity index is 950. The molecule has 2 saturated heterocycles. The van der Waals surface area contributed by atoms with E-state index >= 15 is 0 Å². The third kappa shape index (κ3) is 3.48. The molecule has 7 heteroatoms. The fourth-order valence-electron chi connectivity index (χ4n) is 4.67. The Morgan fingerprint density at radius 1 is 1.06 bits per heavy atom. The zero-order valence-electron chi connectivity index (χ0n) is 17.7. The van der Waals surface area contributed by atoms with E-state index in [1.807, 2.05) is 61.5 Å². The molecule has 2 aromatic carbocycles. The van der Waals surface area contributed by atoms with Gasteiger partial charge in [0.1, 0.15) is 5.75 Å². The minimum absolute atomic E-state index is 0.0674. The van der Waals surface area contributed by atoms with Gasteiger partial charge in [0.25, 0.3) is 0 Å². The number of nitrogens with zero attached hydrogens (tertiary/aromatic N) is 1. The van der Waals surface area contributed by atoms with Gasteiger partial charge in [-0.25, -0.2) is 4.79 Å². The van der Waals surface area contributed by atoms with Crippen molar-refractivity contribution in [3.05, 3.63) is 65.7 Å². The number of rotatable bonds is 9. The summed E-state index contributed by atoms with van der Waals surface area (Å²) in [4.78, 5) is 28.0. The smallest absolute Gasteiger partial charge is 0.339 e. The van der Waals surface area contributed by atoms with Gasteiger partial charge < -0.3 is 19.1 Å². The summed E-state index contributed by atoms with van der Waals surface area (Å²) in [5.74, 6) is -0.0253. The number of hydrogen-bond donors (Lipinski definition) is 0. The quantitative estimate of drug-likeness (QED) is 0.438. The number of carbonyl (C=O) groups is 2. The predicted octanol–water partition coefficient (Wildman–Crippen LogP) is 3.55. The summed E-state index contributed by atoms with van der Waals surface area (Å²) in [6.45, 7) is 2.51. The first-order valence-corrected chi connectivity index (χ1v) is 10.8. The van der Waals surface area contributed by atoms with Crippen LogP contribution in [0.5, 0.6) is 5.75 Å². The molecule has 0 bridgehead atoms. The lowest BCUT2D eigenvalue weighted by atomic mass is 9.71. The summed E-state index contributed by atoms with van der Waals surface area (Å²) in [6.07, 6.45) is 0.434. The van der Waals surface area contributed by atoms with Gasteiger partial charge in [-0.15, -0.1) is 11.6 Å². The van der Waals surface area contributed by atoms with Gasteiger partial charge in [-0.05, 0) is 36.6 Å². The molecular formula is C24H26ClNO5. The highest BCUT2D eigenvalue weighted by Gasteiger charge is 2.79. The van der Waals surface area contributed by atoms with E-state index in [9.17, 15) is 9.59 Å². The molecule has 164 valence electrons. The largest absolute Gasteiger partial charge is 0.497 e. The van der Waals surface area contributed by atoms with Crippen molar-refractivity contribution in [2.24, 2.45) is 5.92 Å². The first-order valence-electron chi connectivity index (χ1n) is 10.3. The molecule has 2 fully saturated rings. The van der Waals surface area contributed by atoms with Crippen LogP contribution in [0.15, 0.2) is 54.6 Å². The third-order valence-electron chi connectivity index (χ3n) is 6.47. The van der Waals surface area contributed by atoms with Crippen LogP contribution in [-0.2, 0) is 32.2 Å². The summed E-state index contributed by atoms with van der Waals surface area (Å²) < 4.78 is 16.8. The molecule has 0 spiro atoms. The summed E-state index contributed by atoms with van der Waals surface area (Å²) in [7, 11) is 1.60. The Morgan fingerprint density at radius 3 is 2.39 bits per heavy atom. The average Bonchev–Trinajstić information content (AvgIpc) is 2.91. The van der Waals surface area contributed by atoms with Crippen LogP contribution in [-0.4, -0.2) is 47.5 Å². The molecule has 2 aliphatic heterocycles. The number of halogens is 1. The number of ether oxygens (including phenoxy) is 3. The van der Waals surface area contributed by atoms with Crippen molar-refractivity contribution in [3.8, 4) is 5.75 Å². The van der Waals surface area contributed by atoms with Crippen molar-refractivity contribution in [3.63, 3.8) is 0 Å². The molecule has 0 radical (unpaired) electrons. The molecular weight excluding hydrogens is 418 g/mol. The standard InChI is InChI=1S/C24H26ClNO5/c1-23-20(12-13-25)21(27)26(14-17-8-10-19(29-2)11-9-17)24(23,22(28)31-23)16-30-15-18-6-4-3-5-7-18/h3-11,20H,12-16H2,1-2H3/t20-,23-,24?/m1/s1. The molecule has 0 N–H and O–H groups in total. The lowest BCUT2D eigenvalue weighted by Gasteiger charge is -2.53. The Hall–Kier alpha value is -2.57. The molecule has 2 heterocycles. The molecule has 1 unspecified atom stereocenters.